The van der Waals surface area contributed by atoms with Crippen LogP contribution < -0.4 is 5.32 Å². The van der Waals surface area contributed by atoms with E-state index in [0.29, 0.717) is 13.0 Å². The molecule has 0 saturated heterocycles. The molecule has 0 amide bonds. The van der Waals surface area contributed by atoms with E-state index < -0.39 is 11.7 Å². The van der Waals surface area contributed by atoms with E-state index in [0.717, 1.165) is 12.4 Å². The fraction of sp³-hybridized carbons (Fsp3) is 0.727. The predicted molar refractivity (Wildman–Crippen MR) is 61.0 cm³/mol. The molecule has 0 bridgehead atoms. The molecule has 0 aromatic carbocycles. The first-order chi connectivity index (χ1) is 8.32. The van der Waals surface area contributed by atoms with E-state index in [9.17, 15) is 13.2 Å². The maximum Gasteiger partial charge on any atom is 0.419 e. The molecule has 0 aliphatic carbocycles. The molecule has 1 heterocycles. The van der Waals surface area contributed by atoms with Crippen molar-refractivity contribution in [3.05, 3.63) is 18.0 Å². The van der Waals surface area contributed by atoms with E-state index in [1.807, 2.05) is 13.8 Å². The fourth-order valence-corrected chi connectivity index (χ4v) is 1.62. The molecule has 2 N–H and O–H groups in total. The lowest BCUT2D eigenvalue weighted by molar-refractivity contribution is -0.137. The molecule has 0 radical (unpaired) electrons. The smallest absolute Gasteiger partial charge is 0.395 e. The van der Waals surface area contributed by atoms with Crippen molar-refractivity contribution in [1.82, 2.24) is 15.1 Å². The van der Waals surface area contributed by atoms with Crippen molar-refractivity contribution in [1.29, 1.82) is 0 Å². The predicted octanol–water partition coefficient (Wildman–Crippen LogP) is 1.65. The Balaban J connectivity index is 2.50. The van der Waals surface area contributed by atoms with E-state index in [-0.39, 0.29) is 18.7 Å². The quantitative estimate of drug-likeness (QED) is 0.822. The number of hydrogen-bond donors (Lipinski definition) is 2. The highest BCUT2D eigenvalue weighted by Crippen LogP contribution is 2.28. The Morgan fingerprint density at radius 1 is 1.44 bits per heavy atom. The average molecular weight is 265 g/mol. The molecule has 7 heteroatoms. The molecule has 18 heavy (non-hydrogen) atoms. The van der Waals surface area contributed by atoms with Crippen LogP contribution in [0.1, 0.15) is 25.8 Å². The SMILES string of the molecule is CC(C)NC(CO)CCn1cc(C(F)(F)F)cn1. The molecular formula is C11H18F3N3O. The van der Waals surface area contributed by atoms with Crippen molar-refractivity contribution >= 4 is 0 Å². The summed E-state index contributed by atoms with van der Waals surface area (Å²) in [6, 6.07) is 0.0778. The standard InChI is InChI=1S/C11H18F3N3O/c1-8(2)16-10(7-18)3-4-17-6-9(5-15-17)11(12,13)14/h5-6,8,10,16,18H,3-4,7H2,1-2H3. The summed E-state index contributed by atoms with van der Waals surface area (Å²) in [6.45, 7) is 4.17. The van der Waals surface area contributed by atoms with E-state index in [2.05, 4.69) is 10.4 Å². The lowest BCUT2D eigenvalue weighted by Crippen LogP contribution is -2.38. The average Bonchev–Trinajstić information content (AvgIpc) is 2.71. The van der Waals surface area contributed by atoms with E-state index in [4.69, 9.17) is 5.11 Å². The van der Waals surface area contributed by atoms with Gasteiger partial charge in [-0.3, -0.25) is 4.68 Å². The van der Waals surface area contributed by atoms with Crippen LogP contribution in [-0.4, -0.2) is 33.6 Å². The van der Waals surface area contributed by atoms with Gasteiger partial charge in [0.1, 0.15) is 0 Å². The number of aliphatic hydroxyl groups is 1. The summed E-state index contributed by atoms with van der Waals surface area (Å²) in [7, 11) is 0. The Kier molecular flexibility index (Phi) is 5.15. The normalized spacial score (nSPS) is 14.2. The number of aryl methyl sites for hydroxylation is 1. The largest absolute Gasteiger partial charge is 0.419 e. The van der Waals surface area contributed by atoms with Gasteiger partial charge in [0.05, 0.1) is 18.4 Å². The highest BCUT2D eigenvalue weighted by molar-refractivity contribution is 5.08. The van der Waals surface area contributed by atoms with Crippen LogP contribution in [0.3, 0.4) is 0 Å². The van der Waals surface area contributed by atoms with Crippen LogP contribution in [0.4, 0.5) is 13.2 Å². The number of nitrogens with zero attached hydrogens (tertiary/aromatic N) is 2. The summed E-state index contributed by atoms with van der Waals surface area (Å²) in [4.78, 5) is 0. The Bertz CT molecular complexity index is 363. The zero-order valence-electron chi connectivity index (χ0n) is 10.4. The molecule has 1 unspecified atom stereocenters. The van der Waals surface area contributed by atoms with Crippen molar-refractivity contribution in [3.63, 3.8) is 0 Å². The van der Waals surface area contributed by atoms with Crippen molar-refractivity contribution < 1.29 is 18.3 Å². The Morgan fingerprint density at radius 2 is 2.11 bits per heavy atom. The molecule has 1 rings (SSSR count). The maximum absolute atomic E-state index is 12.3. The van der Waals surface area contributed by atoms with Crippen LogP contribution in [0.15, 0.2) is 12.4 Å². The van der Waals surface area contributed by atoms with Crippen LogP contribution in [0.2, 0.25) is 0 Å². The molecular weight excluding hydrogens is 247 g/mol. The summed E-state index contributed by atoms with van der Waals surface area (Å²) in [5, 5.41) is 15.9. The molecule has 1 aromatic rings. The molecule has 0 aliphatic rings. The van der Waals surface area contributed by atoms with Gasteiger partial charge in [-0.2, -0.15) is 18.3 Å². The van der Waals surface area contributed by atoms with Gasteiger partial charge in [0.2, 0.25) is 0 Å². The fourth-order valence-electron chi connectivity index (χ4n) is 1.62. The lowest BCUT2D eigenvalue weighted by atomic mass is 10.2. The van der Waals surface area contributed by atoms with Gasteiger partial charge in [-0.1, -0.05) is 13.8 Å². The van der Waals surface area contributed by atoms with Gasteiger partial charge in [-0.15, -0.1) is 0 Å². The molecule has 104 valence electrons. The van der Waals surface area contributed by atoms with Gasteiger partial charge < -0.3 is 10.4 Å². The third kappa shape index (κ3) is 4.66. The van der Waals surface area contributed by atoms with Gasteiger partial charge in [-0.05, 0) is 6.42 Å². The molecule has 4 nitrogen and oxygen atoms in total. The van der Waals surface area contributed by atoms with Crippen LogP contribution in [-0.2, 0) is 12.7 Å². The van der Waals surface area contributed by atoms with Crippen molar-refractivity contribution in [2.75, 3.05) is 6.61 Å². The summed E-state index contributed by atoms with van der Waals surface area (Å²) < 4.78 is 38.2. The Hall–Kier alpha value is -1.08. The second-order valence-electron chi connectivity index (χ2n) is 4.48. The minimum absolute atomic E-state index is 0.0500. The first kappa shape index (κ1) is 15.0. The van der Waals surface area contributed by atoms with Crippen LogP contribution in [0.5, 0.6) is 0 Å². The number of aromatic nitrogens is 2. The maximum atomic E-state index is 12.3. The van der Waals surface area contributed by atoms with Gasteiger partial charge in [0, 0.05) is 24.8 Å². The highest BCUT2D eigenvalue weighted by atomic mass is 19.4. The third-order valence-corrected chi connectivity index (χ3v) is 2.46. The molecule has 1 atom stereocenters. The van der Waals surface area contributed by atoms with Crippen LogP contribution >= 0.6 is 0 Å². The Morgan fingerprint density at radius 3 is 2.56 bits per heavy atom. The molecule has 0 aliphatic heterocycles. The number of hydrogen-bond acceptors (Lipinski definition) is 3. The van der Waals surface area contributed by atoms with E-state index in [1.165, 1.54) is 4.68 Å². The van der Waals surface area contributed by atoms with Gasteiger partial charge in [0.15, 0.2) is 0 Å². The van der Waals surface area contributed by atoms with Crippen molar-refractivity contribution in [3.8, 4) is 0 Å². The highest BCUT2D eigenvalue weighted by Gasteiger charge is 2.32. The number of alkyl halides is 3. The molecule has 0 spiro atoms. The minimum atomic E-state index is -4.36. The summed E-state index contributed by atoms with van der Waals surface area (Å²) in [6.07, 6.45) is -2.05. The van der Waals surface area contributed by atoms with Crippen LogP contribution in [0, 0.1) is 0 Å². The number of rotatable bonds is 6. The zero-order chi connectivity index (χ0) is 13.8. The molecule has 0 saturated carbocycles. The lowest BCUT2D eigenvalue weighted by Gasteiger charge is -2.18. The first-order valence-electron chi connectivity index (χ1n) is 5.79. The summed E-state index contributed by atoms with van der Waals surface area (Å²) >= 11 is 0. The molecule has 1 aromatic heterocycles. The second kappa shape index (κ2) is 6.19. The number of nitrogens with one attached hydrogen (secondary N) is 1. The monoisotopic (exact) mass is 265 g/mol. The van der Waals surface area contributed by atoms with E-state index in [1.54, 1.807) is 0 Å². The Labute approximate surface area is 104 Å². The van der Waals surface area contributed by atoms with Crippen molar-refractivity contribution in [2.45, 2.75) is 45.1 Å². The number of aliphatic hydroxyl groups excluding tert-OH is 1. The first-order valence-corrected chi connectivity index (χ1v) is 5.79. The topological polar surface area (TPSA) is 50.1 Å². The van der Waals surface area contributed by atoms with Crippen molar-refractivity contribution in [2.24, 2.45) is 0 Å². The van der Waals surface area contributed by atoms with Crippen LogP contribution in [0.25, 0.3) is 0 Å². The summed E-state index contributed by atoms with van der Waals surface area (Å²) in [5.41, 5.74) is -0.750. The second-order valence-corrected chi connectivity index (χ2v) is 4.48. The zero-order valence-corrected chi connectivity index (χ0v) is 10.4. The number of halogens is 3. The van der Waals surface area contributed by atoms with E-state index >= 15 is 0 Å². The van der Waals surface area contributed by atoms with Gasteiger partial charge in [-0.25, -0.2) is 0 Å². The summed E-state index contributed by atoms with van der Waals surface area (Å²) in [5.74, 6) is 0. The van der Waals surface area contributed by atoms with Gasteiger partial charge in [0.25, 0.3) is 0 Å². The molecule has 0 fully saturated rings. The van der Waals surface area contributed by atoms with Gasteiger partial charge >= 0.3 is 6.18 Å². The third-order valence-electron chi connectivity index (χ3n) is 2.46. The minimum Gasteiger partial charge on any atom is -0.395 e.